The lowest BCUT2D eigenvalue weighted by Gasteiger charge is -2.11. The van der Waals surface area contributed by atoms with Gasteiger partial charge in [0, 0.05) is 11.3 Å². The van der Waals surface area contributed by atoms with Gasteiger partial charge in [0.25, 0.3) is 0 Å². The second-order valence-electron chi connectivity index (χ2n) is 4.29. The Labute approximate surface area is 116 Å². The lowest BCUT2D eigenvalue weighted by Crippen LogP contribution is -2.03. The molecule has 2 aromatic carbocycles. The Kier molecular flexibility index (Phi) is 3.09. The van der Waals surface area contributed by atoms with E-state index in [1.807, 2.05) is 48.5 Å². The summed E-state index contributed by atoms with van der Waals surface area (Å²) in [5.74, 6) is 0.730. The molecule has 3 aromatic rings. The van der Waals surface area contributed by atoms with E-state index in [0.29, 0.717) is 5.69 Å². The van der Waals surface area contributed by atoms with Gasteiger partial charge < -0.3 is 10.5 Å². The number of nitrogen functional groups attached to an aromatic ring is 1. The number of aromatic nitrogens is 3. The molecule has 100 valence electrons. The summed E-state index contributed by atoms with van der Waals surface area (Å²) in [5.41, 5.74) is 9.26. The molecular weight excluding hydrogens is 252 g/mol. The summed E-state index contributed by atoms with van der Waals surface area (Å²) in [6.45, 7) is 0. The molecular formula is C15H14N4O. The Bertz CT molecular complexity index is 736. The number of methoxy groups -OCH3 is 1. The van der Waals surface area contributed by atoms with Crippen molar-refractivity contribution in [1.29, 1.82) is 0 Å². The van der Waals surface area contributed by atoms with E-state index in [4.69, 9.17) is 10.5 Å². The number of hydrogen-bond acceptors (Lipinski definition) is 4. The highest BCUT2D eigenvalue weighted by Gasteiger charge is 2.13. The smallest absolute Gasteiger partial charge is 0.144 e. The predicted octanol–water partition coefficient (Wildman–Crippen LogP) is 2.53. The van der Waals surface area contributed by atoms with Crippen LogP contribution in [0.2, 0.25) is 0 Å². The Morgan fingerprint density at radius 2 is 1.80 bits per heavy atom. The molecule has 0 saturated heterocycles. The largest absolute Gasteiger partial charge is 0.494 e. The van der Waals surface area contributed by atoms with E-state index >= 15 is 0 Å². The molecule has 0 bridgehead atoms. The van der Waals surface area contributed by atoms with Crippen molar-refractivity contribution in [3.05, 3.63) is 54.7 Å². The maximum absolute atomic E-state index is 6.03. The third-order valence-electron chi connectivity index (χ3n) is 3.10. The van der Waals surface area contributed by atoms with E-state index in [-0.39, 0.29) is 0 Å². The normalized spacial score (nSPS) is 10.4. The molecule has 0 aliphatic rings. The van der Waals surface area contributed by atoms with Crippen molar-refractivity contribution in [2.45, 2.75) is 0 Å². The molecule has 0 spiro atoms. The quantitative estimate of drug-likeness (QED) is 0.740. The fourth-order valence-electron chi connectivity index (χ4n) is 2.13. The molecule has 0 radical (unpaired) electrons. The monoisotopic (exact) mass is 266 g/mol. The first-order valence-corrected chi connectivity index (χ1v) is 6.20. The number of para-hydroxylation sites is 3. The molecule has 0 saturated carbocycles. The second-order valence-corrected chi connectivity index (χ2v) is 4.29. The highest BCUT2D eigenvalue weighted by molar-refractivity contribution is 5.74. The Morgan fingerprint density at radius 1 is 1.05 bits per heavy atom. The first kappa shape index (κ1) is 12.2. The van der Waals surface area contributed by atoms with Crippen molar-refractivity contribution >= 4 is 5.69 Å². The summed E-state index contributed by atoms with van der Waals surface area (Å²) in [7, 11) is 1.63. The van der Waals surface area contributed by atoms with Gasteiger partial charge in [0.2, 0.25) is 0 Å². The predicted molar refractivity (Wildman–Crippen MR) is 77.8 cm³/mol. The van der Waals surface area contributed by atoms with Crippen LogP contribution in [0.25, 0.3) is 16.9 Å². The molecule has 1 aromatic heterocycles. The summed E-state index contributed by atoms with van der Waals surface area (Å²) in [5, 5.41) is 8.14. The van der Waals surface area contributed by atoms with Gasteiger partial charge in [-0.25, -0.2) is 4.68 Å². The topological polar surface area (TPSA) is 66.0 Å². The fraction of sp³-hybridized carbons (Fsp3) is 0.0667. The Morgan fingerprint density at radius 3 is 2.60 bits per heavy atom. The van der Waals surface area contributed by atoms with Gasteiger partial charge in [-0.15, -0.1) is 5.10 Å². The maximum atomic E-state index is 6.03. The van der Waals surface area contributed by atoms with Crippen LogP contribution in [-0.2, 0) is 0 Å². The summed E-state index contributed by atoms with van der Waals surface area (Å²) in [4.78, 5) is 0. The number of anilines is 1. The minimum Gasteiger partial charge on any atom is -0.494 e. The molecule has 1 heterocycles. The van der Waals surface area contributed by atoms with Crippen LogP contribution in [0, 0.1) is 0 Å². The highest BCUT2D eigenvalue weighted by atomic mass is 16.5. The zero-order valence-corrected chi connectivity index (χ0v) is 11.0. The van der Waals surface area contributed by atoms with E-state index in [1.54, 1.807) is 18.0 Å². The Balaban J connectivity index is 2.19. The van der Waals surface area contributed by atoms with Crippen LogP contribution in [0.4, 0.5) is 5.69 Å². The van der Waals surface area contributed by atoms with Crippen molar-refractivity contribution in [2.75, 3.05) is 12.8 Å². The Hall–Kier alpha value is -2.82. The zero-order chi connectivity index (χ0) is 13.9. The molecule has 0 unspecified atom stereocenters. The number of benzene rings is 2. The van der Waals surface area contributed by atoms with Crippen LogP contribution in [-0.4, -0.2) is 22.1 Å². The fourth-order valence-corrected chi connectivity index (χ4v) is 2.13. The zero-order valence-electron chi connectivity index (χ0n) is 11.0. The van der Waals surface area contributed by atoms with Gasteiger partial charge in [0.1, 0.15) is 11.4 Å². The summed E-state index contributed by atoms with van der Waals surface area (Å²) in [6, 6.07) is 15.3. The van der Waals surface area contributed by atoms with Crippen LogP contribution in [0.15, 0.2) is 54.7 Å². The van der Waals surface area contributed by atoms with E-state index in [0.717, 1.165) is 22.7 Å². The van der Waals surface area contributed by atoms with Crippen LogP contribution in [0.3, 0.4) is 0 Å². The van der Waals surface area contributed by atoms with Crippen molar-refractivity contribution in [3.8, 4) is 22.7 Å². The van der Waals surface area contributed by atoms with Gasteiger partial charge in [0.05, 0.1) is 19.0 Å². The first-order chi connectivity index (χ1) is 9.81. The van der Waals surface area contributed by atoms with Gasteiger partial charge in [-0.3, -0.25) is 0 Å². The summed E-state index contributed by atoms with van der Waals surface area (Å²) in [6.07, 6.45) is 1.69. The number of ether oxygens (including phenoxy) is 1. The van der Waals surface area contributed by atoms with Crippen LogP contribution in [0.5, 0.6) is 5.75 Å². The third-order valence-corrected chi connectivity index (χ3v) is 3.10. The molecule has 3 rings (SSSR count). The van der Waals surface area contributed by atoms with Gasteiger partial charge in [-0.2, -0.15) is 0 Å². The molecule has 5 heteroatoms. The second kappa shape index (κ2) is 5.05. The number of rotatable bonds is 3. The van der Waals surface area contributed by atoms with E-state index in [9.17, 15) is 0 Å². The lowest BCUT2D eigenvalue weighted by atomic mass is 10.1. The maximum Gasteiger partial charge on any atom is 0.144 e. The molecule has 0 aliphatic heterocycles. The van der Waals surface area contributed by atoms with Crippen LogP contribution in [0.1, 0.15) is 0 Å². The number of hydrogen-bond donors (Lipinski definition) is 1. The standard InChI is InChI=1S/C15H14N4O/c1-20-15-9-5-4-8-13(15)19-14(10-17-18-19)11-6-2-3-7-12(11)16/h2-10H,16H2,1H3. The molecule has 0 aliphatic carbocycles. The average molecular weight is 266 g/mol. The van der Waals surface area contributed by atoms with Crippen molar-refractivity contribution in [3.63, 3.8) is 0 Å². The van der Waals surface area contributed by atoms with Crippen LogP contribution >= 0.6 is 0 Å². The van der Waals surface area contributed by atoms with Crippen molar-refractivity contribution in [1.82, 2.24) is 15.0 Å². The highest BCUT2D eigenvalue weighted by Crippen LogP contribution is 2.29. The SMILES string of the molecule is COc1ccccc1-n1nncc1-c1ccccc1N. The molecule has 5 nitrogen and oxygen atoms in total. The average Bonchev–Trinajstić information content (AvgIpc) is 2.96. The minimum atomic E-state index is 0.686. The molecule has 0 atom stereocenters. The number of nitrogens with two attached hydrogens (primary N) is 1. The number of nitrogens with zero attached hydrogens (tertiary/aromatic N) is 3. The summed E-state index contributed by atoms with van der Waals surface area (Å²) >= 11 is 0. The third kappa shape index (κ3) is 1.99. The first-order valence-electron chi connectivity index (χ1n) is 6.20. The lowest BCUT2D eigenvalue weighted by molar-refractivity contribution is 0.411. The van der Waals surface area contributed by atoms with Crippen molar-refractivity contribution < 1.29 is 4.74 Å². The van der Waals surface area contributed by atoms with Gasteiger partial charge in [0.15, 0.2) is 0 Å². The van der Waals surface area contributed by atoms with Crippen molar-refractivity contribution in [2.24, 2.45) is 0 Å². The van der Waals surface area contributed by atoms with Gasteiger partial charge >= 0.3 is 0 Å². The minimum absolute atomic E-state index is 0.686. The van der Waals surface area contributed by atoms with Crippen LogP contribution < -0.4 is 10.5 Å². The van der Waals surface area contributed by atoms with E-state index < -0.39 is 0 Å². The van der Waals surface area contributed by atoms with E-state index in [2.05, 4.69) is 10.3 Å². The van der Waals surface area contributed by atoms with Gasteiger partial charge in [-0.05, 0) is 18.2 Å². The van der Waals surface area contributed by atoms with E-state index in [1.165, 1.54) is 0 Å². The molecule has 0 fully saturated rings. The van der Waals surface area contributed by atoms with Gasteiger partial charge in [-0.1, -0.05) is 35.5 Å². The summed E-state index contributed by atoms with van der Waals surface area (Å²) < 4.78 is 7.10. The molecule has 2 N–H and O–H groups in total. The molecule has 20 heavy (non-hydrogen) atoms. The molecule has 0 amide bonds.